The number of aryl methyl sites for hydroxylation is 2. The molecule has 0 saturated carbocycles. The normalized spacial score (nSPS) is 10.9. The molecule has 2 N–H and O–H groups in total. The molecular weight excluding hydrogens is 166 g/mol. The monoisotopic (exact) mass is 177 g/mol. The summed E-state index contributed by atoms with van der Waals surface area (Å²) >= 11 is 0. The van der Waals surface area contributed by atoms with Gasteiger partial charge in [0, 0.05) is 6.54 Å². The molecule has 0 spiro atoms. The summed E-state index contributed by atoms with van der Waals surface area (Å²) in [5, 5.41) is 5.17. The molecule has 5 heteroatoms. The molecule has 2 rings (SSSR count). The van der Waals surface area contributed by atoms with Gasteiger partial charge in [0.05, 0.1) is 11.1 Å². The Labute approximate surface area is 75.6 Å². The number of nitrogen functional groups attached to an aromatic ring is 1. The average Bonchev–Trinajstić information content (AvgIpc) is 2.44. The van der Waals surface area contributed by atoms with E-state index in [0.29, 0.717) is 5.82 Å². The Morgan fingerprint density at radius 2 is 2.23 bits per heavy atom. The summed E-state index contributed by atoms with van der Waals surface area (Å²) in [6, 6.07) is 0. The fraction of sp³-hybridized carbons (Fsp3) is 0.375. The van der Waals surface area contributed by atoms with Crippen LogP contribution in [0.5, 0.6) is 0 Å². The van der Waals surface area contributed by atoms with Gasteiger partial charge in [0.1, 0.15) is 12.1 Å². The maximum atomic E-state index is 5.72. The Morgan fingerprint density at radius 1 is 1.46 bits per heavy atom. The number of nitrogens with zero attached hydrogens (tertiary/aromatic N) is 4. The first-order valence-corrected chi connectivity index (χ1v) is 4.17. The molecular formula is C8H11N5. The minimum Gasteiger partial charge on any atom is -0.383 e. The lowest BCUT2D eigenvalue weighted by molar-refractivity contribution is 0.669. The van der Waals surface area contributed by atoms with Gasteiger partial charge < -0.3 is 5.73 Å². The fourth-order valence-electron chi connectivity index (χ4n) is 1.43. The van der Waals surface area contributed by atoms with E-state index in [9.17, 15) is 0 Å². The van der Waals surface area contributed by atoms with Gasteiger partial charge in [-0.1, -0.05) is 0 Å². The van der Waals surface area contributed by atoms with Gasteiger partial charge in [-0.2, -0.15) is 5.10 Å². The van der Waals surface area contributed by atoms with Gasteiger partial charge in [-0.05, 0) is 13.8 Å². The van der Waals surface area contributed by atoms with Crippen LogP contribution in [0.1, 0.15) is 12.6 Å². The lowest BCUT2D eigenvalue weighted by Gasteiger charge is -1.96. The third-order valence-corrected chi connectivity index (χ3v) is 2.03. The molecule has 0 aliphatic rings. The molecule has 13 heavy (non-hydrogen) atoms. The summed E-state index contributed by atoms with van der Waals surface area (Å²) in [6.07, 6.45) is 1.46. The Kier molecular flexibility index (Phi) is 1.65. The molecule has 0 atom stereocenters. The predicted molar refractivity (Wildman–Crippen MR) is 50.1 cm³/mol. The van der Waals surface area contributed by atoms with Gasteiger partial charge in [0.15, 0.2) is 5.65 Å². The zero-order valence-electron chi connectivity index (χ0n) is 7.65. The molecule has 68 valence electrons. The Balaban J connectivity index is 2.87. The van der Waals surface area contributed by atoms with Gasteiger partial charge in [-0.25, -0.2) is 14.6 Å². The minimum atomic E-state index is 0.502. The number of hydrogen-bond donors (Lipinski definition) is 1. The van der Waals surface area contributed by atoms with E-state index in [0.717, 1.165) is 23.3 Å². The van der Waals surface area contributed by atoms with Crippen molar-refractivity contribution < 1.29 is 0 Å². The summed E-state index contributed by atoms with van der Waals surface area (Å²) < 4.78 is 1.82. The molecule has 0 bridgehead atoms. The maximum absolute atomic E-state index is 5.72. The van der Waals surface area contributed by atoms with Crippen LogP contribution < -0.4 is 5.73 Å². The highest BCUT2D eigenvalue weighted by Crippen LogP contribution is 2.19. The molecule has 2 heterocycles. The second-order valence-corrected chi connectivity index (χ2v) is 2.86. The fourth-order valence-corrected chi connectivity index (χ4v) is 1.43. The zero-order chi connectivity index (χ0) is 9.42. The lowest BCUT2D eigenvalue weighted by Crippen LogP contribution is -1.98. The number of rotatable bonds is 1. The summed E-state index contributed by atoms with van der Waals surface area (Å²) in [5.41, 5.74) is 7.42. The second kappa shape index (κ2) is 2.69. The van der Waals surface area contributed by atoms with E-state index in [1.165, 1.54) is 6.33 Å². The topological polar surface area (TPSA) is 69.6 Å². The largest absolute Gasteiger partial charge is 0.383 e. The van der Waals surface area contributed by atoms with Crippen molar-refractivity contribution in [2.24, 2.45) is 0 Å². The first-order chi connectivity index (χ1) is 6.24. The van der Waals surface area contributed by atoms with Crippen molar-refractivity contribution in [2.75, 3.05) is 5.73 Å². The highest BCUT2D eigenvalue weighted by atomic mass is 15.3. The van der Waals surface area contributed by atoms with E-state index in [2.05, 4.69) is 15.1 Å². The molecule has 0 fully saturated rings. The number of anilines is 1. The molecule has 0 aliphatic carbocycles. The number of nitrogens with two attached hydrogens (primary N) is 1. The van der Waals surface area contributed by atoms with Gasteiger partial charge in [-0.3, -0.25) is 0 Å². The summed E-state index contributed by atoms with van der Waals surface area (Å²) in [7, 11) is 0. The quantitative estimate of drug-likeness (QED) is 0.697. The highest BCUT2D eigenvalue weighted by molar-refractivity contribution is 5.87. The van der Waals surface area contributed by atoms with E-state index in [-0.39, 0.29) is 0 Å². The van der Waals surface area contributed by atoms with Crippen LogP contribution in [-0.4, -0.2) is 19.7 Å². The van der Waals surface area contributed by atoms with Gasteiger partial charge in [0.2, 0.25) is 0 Å². The second-order valence-electron chi connectivity index (χ2n) is 2.86. The summed E-state index contributed by atoms with van der Waals surface area (Å²) in [4.78, 5) is 8.07. The van der Waals surface area contributed by atoms with E-state index in [4.69, 9.17) is 5.73 Å². The minimum absolute atomic E-state index is 0.502. The molecule has 2 aromatic rings. The van der Waals surface area contributed by atoms with Crippen molar-refractivity contribution in [2.45, 2.75) is 20.4 Å². The van der Waals surface area contributed by atoms with Crippen LogP contribution in [0.25, 0.3) is 11.0 Å². The van der Waals surface area contributed by atoms with Crippen LogP contribution >= 0.6 is 0 Å². The van der Waals surface area contributed by atoms with Crippen LogP contribution in [-0.2, 0) is 6.54 Å². The van der Waals surface area contributed by atoms with E-state index < -0.39 is 0 Å². The number of hydrogen-bond acceptors (Lipinski definition) is 4. The maximum Gasteiger partial charge on any atom is 0.163 e. The van der Waals surface area contributed by atoms with Crippen molar-refractivity contribution in [3.05, 3.63) is 12.0 Å². The number of fused-ring (bicyclic) bond motifs is 1. The molecule has 0 aliphatic heterocycles. The van der Waals surface area contributed by atoms with Crippen molar-refractivity contribution in [1.82, 2.24) is 19.7 Å². The summed E-state index contributed by atoms with van der Waals surface area (Å²) in [5.74, 6) is 0.502. The SMILES string of the molecule is CCn1nc(C)c2c(N)ncnc21. The molecule has 5 nitrogen and oxygen atoms in total. The van der Waals surface area contributed by atoms with Crippen molar-refractivity contribution >= 4 is 16.9 Å². The van der Waals surface area contributed by atoms with Crippen molar-refractivity contribution in [3.63, 3.8) is 0 Å². The summed E-state index contributed by atoms with van der Waals surface area (Å²) in [6.45, 7) is 4.72. The number of aromatic nitrogens is 4. The Bertz CT molecular complexity index is 445. The van der Waals surface area contributed by atoms with Gasteiger partial charge >= 0.3 is 0 Å². The third kappa shape index (κ3) is 1.04. The molecule has 0 unspecified atom stereocenters. The van der Waals surface area contributed by atoms with E-state index in [1.54, 1.807) is 0 Å². The lowest BCUT2D eigenvalue weighted by atomic mass is 10.3. The molecule has 0 aromatic carbocycles. The van der Waals surface area contributed by atoms with Gasteiger partial charge in [-0.15, -0.1) is 0 Å². The average molecular weight is 177 g/mol. The van der Waals surface area contributed by atoms with Crippen molar-refractivity contribution in [3.8, 4) is 0 Å². The molecule has 0 amide bonds. The van der Waals surface area contributed by atoms with E-state index in [1.807, 2.05) is 18.5 Å². The predicted octanol–water partition coefficient (Wildman–Crippen LogP) is 0.737. The van der Waals surface area contributed by atoms with Crippen LogP contribution in [0.4, 0.5) is 5.82 Å². The molecule has 0 saturated heterocycles. The van der Waals surface area contributed by atoms with Crippen LogP contribution in [0.15, 0.2) is 6.33 Å². The van der Waals surface area contributed by atoms with Gasteiger partial charge in [0.25, 0.3) is 0 Å². The first kappa shape index (κ1) is 7.97. The van der Waals surface area contributed by atoms with Crippen LogP contribution in [0.2, 0.25) is 0 Å². The highest BCUT2D eigenvalue weighted by Gasteiger charge is 2.10. The molecule has 0 radical (unpaired) electrons. The smallest absolute Gasteiger partial charge is 0.163 e. The van der Waals surface area contributed by atoms with E-state index >= 15 is 0 Å². The van der Waals surface area contributed by atoms with Crippen LogP contribution in [0, 0.1) is 6.92 Å². The Morgan fingerprint density at radius 3 is 2.92 bits per heavy atom. The first-order valence-electron chi connectivity index (χ1n) is 4.17. The standard InChI is InChI=1S/C8H11N5/c1-3-13-8-6(5(2)12-13)7(9)10-4-11-8/h4H,3H2,1-2H3,(H2,9,10,11). The third-order valence-electron chi connectivity index (χ3n) is 2.03. The van der Waals surface area contributed by atoms with Crippen LogP contribution in [0.3, 0.4) is 0 Å². The molecule has 2 aromatic heterocycles. The Hall–Kier alpha value is -1.65. The zero-order valence-corrected chi connectivity index (χ0v) is 7.65. The van der Waals surface area contributed by atoms with Crippen molar-refractivity contribution in [1.29, 1.82) is 0 Å².